The number of amides is 2. The van der Waals surface area contributed by atoms with E-state index in [9.17, 15) is 9.59 Å². The first-order valence-corrected chi connectivity index (χ1v) is 7.13. The highest BCUT2D eigenvalue weighted by Gasteiger charge is 2.27. The fraction of sp³-hybridized carbons (Fsp3) is 0.375. The van der Waals surface area contributed by atoms with Crippen molar-refractivity contribution in [3.63, 3.8) is 0 Å². The summed E-state index contributed by atoms with van der Waals surface area (Å²) in [4.78, 5) is 25.5. The number of hydrogen-bond donors (Lipinski definition) is 1. The van der Waals surface area contributed by atoms with Crippen LogP contribution in [0.4, 0.5) is 0 Å². The van der Waals surface area contributed by atoms with Crippen molar-refractivity contribution in [3.05, 3.63) is 35.4 Å². The second-order valence-electron chi connectivity index (χ2n) is 5.07. The molecule has 6 heteroatoms. The first kappa shape index (κ1) is 15.5. The minimum atomic E-state index is -0.332. The minimum Gasteiger partial charge on any atom is -0.352 e. The molecule has 2 amide bonds. The zero-order valence-corrected chi connectivity index (χ0v) is 12.1. The Morgan fingerprint density at radius 1 is 1.27 bits per heavy atom. The summed E-state index contributed by atoms with van der Waals surface area (Å²) in [5, 5.41) is 20.3. The summed E-state index contributed by atoms with van der Waals surface area (Å²) < 4.78 is 0. The van der Waals surface area contributed by atoms with Gasteiger partial charge in [-0.25, -0.2) is 0 Å². The van der Waals surface area contributed by atoms with Gasteiger partial charge in [-0.15, -0.1) is 0 Å². The number of hydrogen-bond acceptors (Lipinski definition) is 4. The van der Waals surface area contributed by atoms with E-state index in [-0.39, 0.29) is 30.8 Å². The molecule has 0 aromatic heterocycles. The van der Waals surface area contributed by atoms with E-state index < -0.39 is 0 Å². The Bertz CT molecular complexity index is 640. The van der Waals surface area contributed by atoms with Gasteiger partial charge in [-0.2, -0.15) is 10.5 Å². The molecule has 1 aliphatic heterocycles. The Morgan fingerprint density at radius 2 is 2.00 bits per heavy atom. The molecule has 0 radical (unpaired) electrons. The van der Waals surface area contributed by atoms with Crippen LogP contribution in [0.1, 0.15) is 35.2 Å². The van der Waals surface area contributed by atoms with Crippen LogP contribution < -0.4 is 5.32 Å². The molecular weight excluding hydrogens is 280 g/mol. The Kier molecular flexibility index (Phi) is 5.11. The Hall–Kier alpha value is -2.86. The zero-order valence-electron chi connectivity index (χ0n) is 12.1. The monoisotopic (exact) mass is 296 g/mol. The summed E-state index contributed by atoms with van der Waals surface area (Å²) in [7, 11) is 0. The van der Waals surface area contributed by atoms with E-state index in [1.807, 2.05) is 6.07 Å². The lowest BCUT2D eigenvalue weighted by molar-refractivity contribution is -0.131. The fourth-order valence-corrected chi connectivity index (χ4v) is 2.42. The zero-order chi connectivity index (χ0) is 15.9. The highest BCUT2D eigenvalue weighted by atomic mass is 16.2. The lowest BCUT2D eigenvalue weighted by Gasteiger charge is -2.19. The van der Waals surface area contributed by atoms with E-state index in [0.717, 1.165) is 12.8 Å². The Labute approximate surface area is 128 Å². The van der Waals surface area contributed by atoms with Gasteiger partial charge >= 0.3 is 0 Å². The van der Waals surface area contributed by atoms with Gasteiger partial charge in [0.2, 0.25) is 5.91 Å². The smallest absolute Gasteiger partial charge is 0.251 e. The third-order valence-electron chi connectivity index (χ3n) is 3.62. The second-order valence-corrected chi connectivity index (χ2v) is 5.07. The molecule has 0 unspecified atom stereocenters. The third-order valence-corrected chi connectivity index (χ3v) is 3.62. The molecule has 1 aromatic carbocycles. The van der Waals surface area contributed by atoms with Crippen LogP contribution in [-0.2, 0) is 4.79 Å². The molecule has 2 rings (SSSR count). The maximum Gasteiger partial charge on any atom is 0.251 e. The van der Waals surface area contributed by atoms with Gasteiger partial charge in [-0.3, -0.25) is 9.59 Å². The number of rotatable bonds is 4. The van der Waals surface area contributed by atoms with Crippen molar-refractivity contribution in [2.24, 2.45) is 0 Å². The summed E-state index contributed by atoms with van der Waals surface area (Å²) in [6.07, 6.45) is 1.75. The van der Waals surface area contributed by atoms with Gasteiger partial charge < -0.3 is 10.2 Å². The van der Waals surface area contributed by atoms with Crippen LogP contribution in [0, 0.1) is 22.7 Å². The van der Waals surface area contributed by atoms with Crippen molar-refractivity contribution in [2.75, 3.05) is 13.1 Å². The molecule has 22 heavy (non-hydrogen) atoms. The first-order valence-electron chi connectivity index (χ1n) is 7.13. The number of carbonyl (C=O) groups excluding carboxylic acids is 2. The molecule has 0 saturated carbocycles. The number of nitriles is 2. The molecule has 0 spiro atoms. The Balaban J connectivity index is 1.80. The number of carbonyl (C=O) groups is 2. The molecule has 1 aromatic rings. The average molecular weight is 296 g/mol. The lowest BCUT2D eigenvalue weighted by atomic mass is 10.1. The van der Waals surface area contributed by atoms with Gasteiger partial charge in [0.05, 0.1) is 17.7 Å². The first-order chi connectivity index (χ1) is 10.7. The summed E-state index contributed by atoms with van der Waals surface area (Å²) in [5.74, 6) is -0.389. The van der Waals surface area contributed by atoms with Crippen molar-refractivity contribution < 1.29 is 9.59 Å². The number of likely N-dealkylation sites (tertiary alicyclic amines) is 1. The average Bonchev–Trinajstić information content (AvgIpc) is 3.03. The topological polar surface area (TPSA) is 97.0 Å². The molecule has 1 saturated heterocycles. The summed E-state index contributed by atoms with van der Waals surface area (Å²) >= 11 is 0. The van der Waals surface area contributed by atoms with Crippen LogP contribution in [-0.4, -0.2) is 35.8 Å². The summed E-state index contributed by atoms with van der Waals surface area (Å²) in [6.45, 7) is 0.840. The largest absolute Gasteiger partial charge is 0.352 e. The lowest BCUT2D eigenvalue weighted by Crippen LogP contribution is -2.37. The van der Waals surface area contributed by atoms with E-state index in [1.165, 1.54) is 0 Å². The summed E-state index contributed by atoms with van der Waals surface area (Å²) in [6, 6.07) is 10.1. The van der Waals surface area contributed by atoms with E-state index in [4.69, 9.17) is 10.5 Å². The SMILES string of the molecule is N#Cc1ccc(C(=O)NCCC(=O)N2CCC[C@H]2C#N)cc1. The van der Waals surface area contributed by atoms with Crippen molar-refractivity contribution in [2.45, 2.75) is 25.3 Å². The maximum absolute atomic E-state index is 12.0. The Morgan fingerprint density at radius 3 is 2.64 bits per heavy atom. The quantitative estimate of drug-likeness (QED) is 0.902. The van der Waals surface area contributed by atoms with Gasteiger partial charge in [-0.05, 0) is 37.1 Å². The van der Waals surface area contributed by atoms with Crippen LogP contribution in [0.3, 0.4) is 0 Å². The molecule has 0 aliphatic carbocycles. The highest BCUT2D eigenvalue weighted by Crippen LogP contribution is 2.17. The fourth-order valence-electron chi connectivity index (χ4n) is 2.42. The number of benzene rings is 1. The predicted octanol–water partition coefficient (Wildman–Crippen LogP) is 1.19. The molecule has 1 heterocycles. The summed E-state index contributed by atoms with van der Waals surface area (Å²) in [5.41, 5.74) is 0.936. The van der Waals surface area contributed by atoms with Crippen LogP contribution >= 0.6 is 0 Å². The highest BCUT2D eigenvalue weighted by molar-refractivity contribution is 5.94. The third kappa shape index (κ3) is 3.62. The minimum absolute atomic E-state index is 0.107. The van der Waals surface area contributed by atoms with Gasteiger partial charge in [0.15, 0.2) is 0 Å². The standard InChI is InChI=1S/C16H16N4O2/c17-10-12-3-5-13(6-4-12)16(22)19-8-7-15(21)20-9-1-2-14(20)11-18/h3-6,14H,1-2,7-9H2,(H,19,22)/t14-/m0/s1. The van der Waals surface area contributed by atoms with Crippen molar-refractivity contribution >= 4 is 11.8 Å². The number of nitrogens with one attached hydrogen (secondary N) is 1. The predicted molar refractivity (Wildman–Crippen MR) is 78.5 cm³/mol. The van der Waals surface area contributed by atoms with E-state index >= 15 is 0 Å². The second kappa shape index (κ2) is 7.24. The van der Waals surface area contributed by atoms with Crippen molar-refractivity contribution in [1.29, 1.82) is 10.5 Å². The molecular formula is C16H16N4O2. The molecule has 6 nitrogen and oxygen atoms in total. The van der Waals surface area contributed by atoms with Crippen molar-refractivity contribution in [1.82, 2.24) is 10.2 Å². The molecule has 112 valence electrons. The number of nitrogens with zero attached hydrogens (tertiary/aromatic N) is 3. The van der Waals surface area contributed by atoms with Gasteiger partial charge in [0, 0.05) is 25.1 Å². The molecule has 1 fully saturated rings. The maximum atomic E-state index is 12.0. The van der Waals surface area contributed by atoms with E-state index in [1.54, 1.807) is 29.2 Å². The molecule has 0 bridgehead atoms. The van der Waals surface area contributed by atoms with Gasteiger partial charge in [-0.1, -0.05) is 0 Å². The molecule has 1 aliphatic rings. The van der Waals surface area contributed by atoms with E-state index in [2.05, 4.69) is 11.4 Å². The van der Waals surface area contributed by atoms with Crippen LogP contribution in [0.2, 0.25) is 0 Å². The normalized spacial score (nSPS) is 16.6. The van der Waals surface area contributed by atoms with Crippen LogP contribution in [0.25, 0.3) is 0 Å². The molecule has 1 atom stereocenters. The van der Waals surface area contributed by atoms with Crippen LogP contribution in [0.5, 0.6) is 0 Å². The molecule has 1 N–H and O–H groups in total. The van der Waals surface area contributed by atoms with E-state index in [0.29, 0.717) is 17.7 Å². The van der Waals surface area contributed by atoms with Crippen LogP contribution in [0.15, 0.2) is 24.3 Å². The van der Waals surface area contributed by atoms with Crippen molar-refractivity contribution in [3.8, 4) is 12.1 Å². The van der Waals surface area contributed by atoms with Gasteiger partial charge in [0.1, 0.15) is 6.04 Å². The van der Waals surface area contributed by atoms with Gasteiger partial charge in [0.25, 0.3) is 5.91 Å².